The van der Waals surface area contributed by atoms with Crippen molar-refractivity contribution in [1.82, 2.24) is 0 Å². The normalized spacial score (nSPS) is 13.2. The Bertz CT molecular complexity index is 2670. The molecule has 2 aliphatic heterocycles. The number of carbonyl (C=O) groups excluding carboxylic acids is 6. The number of nitrogens with zero attached hydrogens (tertiary/aromatic N) is 2. The van der Waals surface area contributed by atoms with E-state index in [1.807, 2.05) is 36.4 Å². The fourth-order valence-corrected chi connectivity index (χ4v) is 6.18. The van der Waals surface area contributed by atoms with E-state index in [0.29, 0.717) is 28.6 Å². The molecule has 62 heavy (non-hydrogen) atoms. The summed E-state index contributed by atoms with van der Waals surface area (Å²) < 4.78 is 11.0. The van der Waals surface area contributed by atoms with Crippen LogP contribution in [0.5, 0.6) is 23.0 Å². The summed E-state index contributed by atoms with van der Waals surface area (Å²) in [6.07, 6.45) is 4.82. The minimum absolute atomic E-state index is 0.149. The summed E-state index contributed by atoms with van der Waals surface area (Å²) in [6, 6.07) is 39.9. The minimum Gasteiger partial charge on any atom is -0.423 e. The van der Waals surface area contributed by atoms with Crippen molar-refractivity contribution in [3.63, 3.8) is 0 Å². The lowest BCUT2D eigenvalue weighted by molar-refractivity contribution is -0.218. The van der Waals surface area contributed by atoms with Gasteiger partial charge in [0.15, 0.2) is 11.5 Å². The molecule has 2 heterocycles. The Morgan fingerprint density at radius 2 is 0.677 bits per heavy atom. The Hall–Kier alpha value is -8.46. The first-order valence-corrected chi connectivity index (χ1v) is 18.9. The molecule has 6 aromatic carbocycles. The molecule has 0 unspecified atom stereocenters. The van der Waals surface area contributed by atoms with Crippen LogP contribution >= 0.6 is 0 Å². The highest BCUT2D eigenvalue weighted by atomic mass is 17.2. The molecule has 0 atom stereocenters. The van der Waals surface area contributed by atoms with Crippen molar-refractivity contribution in [1.29, 1.82) is 0 Å². The van der Waals surface area contributed by atoms with Crippen LogP contribution in [0.2, 0.25) is 0 Å². The van der Waals surface area contributed by atoms with Gasteiger partial charge >= 0.3 is 11.9 Å². The van der Waals surface area contributed by atoms with E-state index in [9.17, 15) is 28.8 Å². The van der Waals surface area contributed by atoms with Crippen LogP contribution in [0.4, 0.5) is 11.4 Å². The zero-order valence-electron chi connectivity index (χ0n) is 32.4. The minimum atomic E-state index is -0.659. The molecule has 0 radical (unpaired) electrons. The molecular formula is C48H32N2O12. The summed E-state index contributed by atoms with van der Waals surface area (Å²) in [5.41, 5.74) is 4.66. The third-order valence-corrected chi connectivity index (χ3v) is 9.41. The number of benzene rings is 6. The zero-order valence-corrected chi connectivity index (χ0v) is 32.4. The second kappa shape index (κ2) is 18.2. The second-order valence-corrected chi connectivity index (χ2v) is 13.6. The molecular weight excluding hydrogens is 797 g/mol. The van der Waals surface area contributed by atoms with Crippen molar-refractivity contribution >= 4 is 46.9 Å². The molecule has 14 nitrogen and oxygen atoms in total. The number of hydrogen-bond acceptors (Lipinski definition) is 12. The molecule has 0 spiro atoms. The van der Waals surface area contributed by atoms with Gasteiger partial charge in [-0.3, -0.25) is 19.2 Å². The maximum absolute atomic E-state index is 12.8. The Morgan fingerprint density at radius 1 is 0.371 bits per heavy atom. The number of ether oxygens (including phenoxy) is 2. The van der Waals surface area contributed by atoms with Crippen molar-refractivity contribution in [2.24, 2.45) is 0 Å². The van der Waals surface area contributed by atoms with Crippen molar-refractivity contribution in [3.8, 4) is 34.1 Å². The lowest BCUT2D eigenvalue weighted by atomic mass is 10.1. The van der Waals surface area contributed by atoms with Gasteiger partial charge in [0.1, 0.15) is 24.7 Å². The highest BCUT2D eigenvalue weighted by Crippen LogP contribution is 2.27. The number of carbonyl (C=O) groups is 6. The molecule has 2 aliphatic rings. The van der Waals surface area contributed by atoms with E-state index in [2.05, 4.69) is 0 Å². The van der Waals surface area contributed by atoms with E-state index < -0.39 is 23.8 Å². The average molecular weight is 829 g/mol. The number of rotatable bonds is 15. The van der Waals surface area contributed by atoms with Gasteiger partial charge < -0.3 is 19.2 Å². The van der Waals surface area contributed by atoms with E-state index in [4.69, 9.17) is 29.0 Å². The summed E-state index contributed by atoms with van der Waals surface area (Å²) in [4.78, 5) is 96.7. The first-order valence-electron chi connectivity index (χ1n) is 18.9. The number of amides is 4. The maximum atomic E-state index is 12.8. The average Bonchev–Trinajstić information content (AvgIpc) is 3.82. The van der Waals surface area contributed by atoms with Crippen molar-refractivity contribution in [3.05, 3.63) is 192 Å². The van der Waals surface area contributed by atoms with E-state index in [-0.39, 0.29) is 41.9 Å². The maximum Gasteiger partial charge on any atom is 0.343 e. The van der Waals surface area contributed by atoms with Crippen LogP contribution in [0.3, 0.4) is 0 Å². The highest BCUT2D eigenvalue weighted by Gasteiger charge is 2.26. The van der Waals surface area contributed by atoms with Crippen LogP contribution in [0.15, 0.2) is 170 Å². The molecule has 0 fully saturated rings. The number of hydrogen-bond donors (Lipinski definition) is 0. The Morgan fingerprint density at radius 3 is 1.08 bits per heavy atom. The van der Waals surface area contributed by atoms with Gasteiger partial charge in [0.2, 0.25) is 0 Å². The molecule has 0 aliphatic carbocycles. The molecule has 0 aromatic heterocycles. The van der Waals surface area contributed by atoms with Crippen LogP contribution in [0.25, 0.3) is 11.1 Å². The van der Waals surface area contributed by atoms with Gasteiger partial charge in [0, 0.05) is 24.3 Å². The first-order chi connectivity index (χ1) is 30.2. The monoisotopic (exact) mass is 828 g/mol. The largest absolute Gasteiger partial charge is 0.423 e. The van der Waals surface area contributed by atoms with Gasteiger partial charge in [-0.15, -0.1) is 0 Å². The molecule has 0 N–H and O–H groups in total. The van der Waals surface area contributed by atoms with Gasteiger partial charge in [-0.05, 0) is 119 Å². The van der Waals surface area contributed by atoms with Crippen LogP contribution in [0.1, 0.15) is 31.8 Å². The predicted molar refractivity (Wildman–Crippen MR) is 222 cm³/mol. The molecule has 4 amide bonds. The third-order valence-electron chi connectivity index (χ3n) is 9.41. The fraction of sp³-hybridized carbons (Fsp3) is 0.0417. The second-order valence-electron chi connectivity index (χ2n) is 13.6. The van der Waals surface area contributed by atoms with Crippen LogP contribution in [0, 0.1) is 0 Å². The smallest absolute Gasteiger partial charge is 0.343 e. The molecule has 0 saturated heterocycles. The van der Waals surface area contributed by atoms with E-state index in [1.165, 1.54) is 72.8 Å². The van der Waals surface area contributed by atoms with Crippen LogP contribution in [-0.4, -0.2) is 35.6 Å². The van der Waals surface area contributed by atoms with Crippen molar-refractivity contribution in [2.75, 3.05) is 9.80 Å². The molecule has 8 rings (SSSR count). The van der Waals surface area contributed by atoms with E-state index in [1.54, 1.807) is 60.7 Å². The lowest BCUT2D eigenvalue weighted by Gasteiger charge is -2.14. The Labute approximate surface area is 353 Å². The van der Waals surface area contributed by atoms with Crippen molar-refractivity contribution in [2.45, 2.75) is 13.2 Å². The van der Waals surface area contributed by atoms with Crippen LogP contribution in [-0.2, 0) is 42.2 Å². The topological polar surface area (TPSA) is 164 Å². The Kier molecular flexibility index (Phi) is 11.8. The molecule has 14 heteroatoms. The summed E-state index contributed by atoms with van der Waals surface area (Å²) in [7, 11) is 0. The fourth-order valence-electron chi connectivity index (χ4n) is 6.18. The third kappa shape index (κ3) is 9.53. The van der Waals surface area contributed by atoms with E-state index >= 15 is 0 Å². The lowest BCUT2D eigenvalue weighted by Crippen LogP contribution is -2.29. The summed E-state index contributed by atoms with van der Waals surface area (Å²) in [6.45, 7) is 0.324. The standard InChI is InChI=1S/C48H32N2O12/c51-43-25-26-44(52)49(43)37-13-1-31(2-14-37)29-57-61-41-17-3-32(4-18-41)30-58-62-42-23-9-34(10-24-42)33-7-19-39(20-8-33)59-48(56)36-11-21-40(22-12-36)60-47(55)35-5-15-38(16-6-35)50-45(53)27-28-46(50)54/h1-28H,29-30H2. The van der Waals surface area contributed by atoms with Gasteiger partial charge in [-0.1, -0.05) is 48.5 Å². The molecule has 0 saturated carbocycles. The van der Waals surface area contributed by atoms with Gasteiger partial charge in [0.05, 0.1) is 22.5 Å². The quantitative estimate of drug-likeness (QED) is 0.0327. The Balaban J connectivity index is 0.743. The summed E-state index contributed by atoms with van der Waals surface area (Å²) >= 11 is 0. The number of imide groups is 2. The van der Waals surface area contributed by atoms with Gasteiger partial charge in [0.25, 0.3) is 23.6 Å². The SMILES string of the molecule is O=C(Oc1ccc(-c2ccc(OOCc3ccc(OOCc4ccc(N5C(=O)C=CC5=O)cc4)cc3)cc2)cc1)c1ccc(OC(=O)c2ccc(N3C(=O)C=CC3=O)cc2)cc1. The number of anilines is 2. The summed E-state index contributed by atoms with van der Waals surface area (Å²) in [5.74, 6) is -1.41. The molecule has 6 aromatic rings. The number of esters is 2. The highest BCUT2D eigenvalue weighted by molar-refractivity contribution is 6.28. The predicted octanol–water partition coefficient (Wildman–Crippen LogP) is 7.67. The zero-order chi connectivity index (χ0) is 43.0. The van der Waals surface area contributed by atoms with Crippen LogP contribution < -0.4 is 29.0 Å². The molecule has 0 bridgehead atoms. The molecule has 306 valence electrons. The first kappa shape index (κ1) is 40.3. The van der Waals surface area contributed by atoms with Crippen molar-refractivity contribution < 1.29 is 57.8 Å². The summed E-state index contributed by atoms with van der Waals surface area (Å²) in [5, 5.41) is 0. The van der Waals surface area contributed by atoms with E-state index in [0.717, 1.165) is 32.1 Å². The van der Waals surface area contributed by atoms with Gasteiger partial charge in [-0.2, -0.15) is 9.78 Å². The van der Waals surface area contributed by atoms with Gasteiger partial charge in [-0.25, -0.2) is 19.4 Å².